The van der Waals surface area contributed by atoms with Crippen LogP contribution in [0.3, 0.4) is 0 Å². The van der Waals surface area contributed by atoms with Crippen molar-refractivity contribution in [3.05, 3.63) is 48.5 Å². The van der Waals surface area contributed by atoms with Gasteiger partial charge in [0.1, 0.15) is 16.9 Å². The number of primary amides is 1. The van der Waals surface area contributed by atoms with Gasteiger partial charge in [-0.2, -0.15) is 4.31 Å². The lowest BCUT2D eigenvalue weighted by molar-refractivity contribution is -0.120. The molecule has 32 heavy (non-hydrogen) atoms. The summed E-state index contributed by atoms with van der Waals surface area (Å²) >= 11 is 0. The van der Waals surface area contributed by atoms with Crippen molar-refractivity contribution < 1.29 is 18.0 Å². The van der Waals surface area contributed by atoms with Gasteiger partial charge in [0.05, 0.1) is 5.69 Å². The number of tetrazole rings is 1. The van der Waals surface area contributed by atoms with E-state index < -0.39 is 15.9 Å². The van der Waals surface area contributed by atoms with E-state index >= 15 is 0 Å². The maximum Gasteiger partial charge on any atom is 0.265 e. The van der Waals surface area contributed by atoms with E-state index in [4.69, 9.17) is 5.73 Å². The summed E-state index contributed by atoms with van der Waals surface area (Å²) in [5, 5.41) is 13.8. The second kappa shape index (κ2) is 8.51. The standard InChI is InChI=1S/C19H22N8O4S/c1-25-11-16(10-17(25)18(20)28)32(30,31)26-8-6-13(7-9-26)19(29)22-14-2-4-15(5-3-14)27-12-21-23-24-27/h2-5,10-13H,6-9H2,1H3,(H2,20,28)(H,22,29). The highest BCUT2D eigenvalue weighted by atomic mass is 32.2. The van der Waals surface area contributed by atoms with Crippen LogP contribution in [-0.2, 0) is 21.9 Å². The number of nitrogens with zero attached hydrogens (tertiary/aromatic N) is 6. The molecular weight excluding hydrogens is 436 g/mol. The molecule has 3 heterocycles. The van der Waals surface area contributed by atoms with Crippen molar-refractivity contribution in [3.63, 3.8) is 0 Å². The van der Waals surface area contributed by atoms with Gasteiger partial charge < -0.3 is 15.6 Å². The summed E-state index contributed by atoms with van der Waals surface area (Å²) in [6, 6.07) is 8.33. The number of carbonyl (C=O) groups is 2. The van der Waals surface area contributed by atoms with Crippen LogP contribution in [0.1, 0.15) is 23.3 Å². The van der Waals surface area contributed by atoms with Gasteiger partial charge in [0, 0.05) is 37.9 Å². The van der Waals surface area contributed by atoms with Crippen molar-refractivity contribution >= 4 is 27.5 Å². The number of nitrogens with two attached hydrogens (primary N) is 1. The zero-order valence-corrected chi connectivity index (χ0v) is 18.1. The molecule has 1 aromatic carbocycles. The molecule has 168 valence electrons. The summed E-state index contributed by atoms with van der Waals surface area (Å²) in [7, 11) is -2.22. The van der Waals surface area contributed by atoms with Gasteiger partial charge in [-0.05, 0) is 53.6 Å². The molecule has 0 saturated carbocycles. The number of amides is 2. The number of hydrogen-bond donors (Lipinski definition) is 2. The lowest BCUT2D eigenvalue weighted by Crippen LogP contribution is -2.41. The fourth-order valence-corrected chi connectivity index (χ4v) is 5.19. The van der Waals surface area contributed by atoms with E-state index in [1.807, 2.05) is 0 Å². The quantitative estimate of drug-likeness (QED) is 0.531. The minimum absolute atomic E-state index is 0.0133. The second-order valence-electron chi connectivity index (χ2n) is 7.51. The molecule has 3 N–H and O–H groups in total. The molecule has 1 aliphatic rings. The molecular formula is C19H22N8O4S. The molecule has 0 radical (unpaired) electrons. The second-order valence-corrected chi connectivity index (χ2v) is 9.44. The number of anilines is 1. The van der Waals surface area contributed by atoms with Crippen LogP contribution < -0.4 is 11.1 Å². The minimum atomic E-state index is -3.78. The maximum absolute atomic E-state index is 12.9. The van der Waals surface area contributed by atoms with Crippen LogP contribution in [0.4, 0.5) is 5.69 Å². The van der Waals surface area contributed by atoms with Gasteiger partial charge in [-0.1, -0.05) is 0 Å². The monoisotopic (exact) mass is 458 g/mol. The molecule has 1 saturated heterocycles. The van der Waals surface area contributed by atoms with Gasteiger partial charge in [-0.25, -0.2) is 13.1 Å². The van der Waals surface area contributed by atoms with E-state index in [0.29, 0.717) is 18.5 Å². The predicted octanol–water partition coefficient (Wildman–Crippen LogP) is 0.139. The molecule has 1 fully saturated rings. The molecule has 13 heteroatoms. The molecule has 0 bridgehead atoms. The Morgan fingerprint density at radius 3 is 2.41 bits per heavy atom. The van der Waals surface area contributed by atoms with Gasteiger partial charge in [0.2, 0.25) is 15.9 Å². The number of sulfonamides is 1. The number of piperidine rings is 1. The third-order valence-corrected chi connectivity index (χ3v) is 7.31. The third-order valence-electron chi connectivity index (χ3n) is 5.44. The molecule has 2 aromatic heterocycles. The summed E-state index contributed by atoms with van der Waals surface area (Å²) in [5.41, 5.74) is 6.78. The zero-order chi connectivity index (χ0) is 22.9. The van der Waals surface area contributed by atoms with Crippen molar-refractivity contribution in [1.82, 2.24) is 29.1 Å². The van der Waals surface area contributed by atoms with Crippen LogP contribution in [0.2, 0.25) is 0 Å². The summed E-state index contributed by atoms with van der Waals surface area (Å²) in [6.07, 6.45) is 3.62. The number of hydrogen-bond acceptors (Lipinski definition) is 7. The first-order valence-electron chi connectivity index (χ1n) is 9.86. The molecule has 1 aliphatic heterocycles. The Labute approximate surface area is 184 Å². The molecule has 3 aromatic rings. The highest BCUT2D eigenvalue weighted by Gasteiger charge is 2.33. The number of rotatable bonds is 6. The first-order valence-corrected chi connectivity index (χ1v) is 11.3. The van der Waals surface area contributed by atoms with Crippen molar-refractivity contribution in [2.24, 2.45) is 18.7 Å². The Hall–Kier alpha value is -3.58. The number of aryl methyl sites for hydroxylation is 1. The number of aromatic nitrogens is 5. The number of carbonyl (C=O) groups excluding carboxylic acids is 2. The minimum Gasteiger partial charge on any atom is -0.364 e. The first-order chi connectivity index (χ1) is 15.3. The molecule has 0 spiro atoms. The third kappa shape index (κ3) is 4.24. The average molecular weight is 459 g/mol. The Morgan fingerprint density at radius 1 is 1.16 bits per heavy atom. The van der Waals surface area contributed by atoms with E-state index in [2.05, 4.69) is 20.8 Å². The van der Waals surface area contributed by atoms with Gasteiger partial charge in [-0.3, -0.25) is 9.59 Å². The summed E-state index contributed by atoms with van der Waals surface area (Å²) in [5.74, 6) is -1.17. The van der Waals surface area contributed by atoms with E-state index in [1.165, 1.54) is 32.1 Å². The van der Waals surface area contributed by atoms with Crippen LogP contribution in [0.15, 0.2) is 47.8 Å². The number of nitrogens with one attached hydrogen (secondary N) is 1. The molecule has 2 amide bonds. The van der Waals surface area contributed by atoms with Crippen LogP contribution in [0, 0.1) is 5.92 Å². The Kier molecular flexibility index (Phi) is 5.76. The largest absolute Gasteiger partial charge is 0.364 e. The SMILES string of the molecule is Cn1cc(S(=O)(=O)N2CCC(C(=O)Nc3ccc(-n4cnnn4)cc3)CC2)cc1C(N)=O. The fraction of sp³-hybridized carbons (Fsp3) is 0.316. The van der Waals surface area contributed by atoms with Crippen LogP contribution >= 0.6 is 0 Å². The van der Waals surface area contributed by atoms with Crippen molar-refractivity contribution in [3.8, 4) is 5.69 Å². The highest BCUT2D eigenvalue weighted by Crippen LogP contribution is 2.26. The van der Waals surface area contributed by atoms with Crippen LogP contribution in [0.5, 0.6) is 0 Å². The zero-order valence-electron chi connectivity index (χ0n) is 17.2. The van der Waals surface area contributed by atoms with Crippen molar-refractivity contribution in [1.29, 1.82) is 0 Å². The molecule has 0 atom stereocenters. The maximum atomic E-state index is 12.9. The lowest BCUT2D eigenvalue weighted by atomic mass is 9.97. The Balaban J connectivity index is 1.36. The summed E-state index contributed by atoms with van der Waals surface area (Å²) < 4.78 is 30.1. The van der Waals surface area contributed by atoms with Gasteiger partial charge in [-0.15, -0.1) is 5.10 Å². The topological polar surface area (TPSA) is 158 Å². The Morgan fingerprint density at radius 2 is 1.84 bits per heavy atom. The highest BCUT2D eigenvalue weighted by molar-refractivity contribution is 7.89. The van der Waals surface area contributed by atoms with Gasteiger partial charge >= 0.3 is 0 Å². The molecule has 12 nitrogen and oxygen atoms in total. The van der Waals surface area contributed by atoms with Gasteiger partial charge in [0.15, 0.2) is 0 Å². The lowest BCUT2D eigenvalue weighted by Gasteiger charge is -2.30. The van der Waals surface area contributed by atoms with Crippen molar-refractivity contribution in [2.45, 2.75) is 17.7 Å². The van der Waals surface area contributed by atoms with Crippen LogP contribution in [0.25, 0.3) is 5.69 Å². The van der Waals surface area contributed by atoms with E-state index in [9.17, 15) is 18.0 Å². The molecule has 0 unspecified atom stereocenters. The fourth-order valence-electron chi connectivity index (χ4n) is 3.65. The van der Waals surface area contributed by atoms with Crippen molar-refractivity contribution in [2.75, 3.05) is 18.4 Å². The van der Waals surface area contributed by atoms with E-state index in [1.54, 1.807) is 31.3 Å². The van der Waals surface area contributed by atoms with E-state index in [-0.39, 0.29) is 35.5 Å². The average Bonchev–Trinajstić information content (AvgIpc) is 3.45. The molecule has 0 aliphatic carbocycles. The number of benzene rings is 1. The Bertz CT molecular complexity index is 1230. The predicted molar refractivity (Wildman–Crippen MR) is 113 cm³/mol. The van der Waals surface area contributed by atoms with E-state index in [0.717, 1.165) is 5.69 Å². The summed E-state index contributed by atoms with van der Waals surface area (Å²) in [6.45, 7) is 0.416. The smallest absolute Gasteiger partial charge is 0.265 e. The molecule has 4 rings (SSSR count). The first kappa shape index (κ1) is 21.6. The summed E-state index contributed by atoms with van der Waals surface area (Å²) in [4.78, 5) is 24.1. The van der Waals surface area contributed by atoms with Crippen LogP contribution in [-0.4, -0.2) is 62.4 Å². The van der Waals surface area contributed by atoms with Gasteiger partial charge in [0.25, 0.3) is 5.91 Å². The normalized spacial score (nSPS) is 15.5.